The third kappa shape index (κ3) is 4.75. The average Bonchev–Trinajstić information content (AvgIpc) is 3.37. The van der Waals surface area contributed by atoms with Gasteiger partial charge in [-0.3, -0.25) is 14.5 Å². The van der Waals surface area contributed by atoms with E-state index in [0.29, 0.717) is 45.3 Å². The molecule has 180 valence electrons. The van der Waals surface area contributed by atoms with Gasteiger partial charge < -0.3 is 10.2 Å². The van der Waals surface area contributed by atoms with Crippen LogP contribution in [0.25, 0.3) is 6.08 Å². The van der Waals surface area contributed by atoms with Crippen molar-refractivity contribution in [3.8, 4) is 0 Å². The van der Waals surface area contributed by atoms with Gasteiger partial charge in [-0.2, -0.15) is 0 Å². The lowest BCUT2D eigenvalue weighted by molar-refractivity contribution is -0.135. The van der Waals surface area contributed by atoms with Gasteiger partial charge in [0.1, 0.15) is 11.4 Å². The highest BCUT2D eigenvalue weighted by Gasteiger charge is 2.54. The van der Waals surface area contributed by atoms with Gasteiger partial charge in [0.15, 0.2) is 0 Å². The van der Waals surface area contributed by atoms with E-state index in [9.17, 15) is 18.8 Å². The van der Waals surface area contributed by atoms with Crippen LogP contribution >= 0.6 is 11.3 Å². The van der Waals surface area contributed by atoms with Crippen molar-refractivity contribution < 1.29 is 18.8 Å². The standard InChI is InChI=1S/C25H29FN4O3S/c1-3-25(23(32)30(24(33)28-25)15-12-21-17(2)27-16-34-21)19-10-13-29(14-11-19)22(31)9-6-18-4-7-20(26)8-5-18/h4-9,16,19H,3,10-15H2,1-2H3,(H,28,33)/b9-6+. The first kappa shape index (κ1) is 24.1. The van der Waals surface area contributed by atoms with Crippen LogP contribution < -0.4 is 5.32 Å². The Bertz CT molecular complexity index is 1090. The van der Waals surface area contributed by atoms with Gasteiger partial charge in [-0.1, -0.05) is 19.1 Å². The number of likely N-dealkylation sites (tertiary alicyclic amines) is 1. The maximum atomic E-state index is 13.4. The van der Waals surface area contributed by atoms with Crippen LogP contribution in [0.2, 0.25) is 0 Å². The van der Waals surface area contributed by atoms with Gasteiger partial charge in [0, 0.05) is 37.0 Å². The summed E-state index contributed by atoms with van der Waals surface area (Å²) in [6, 6.07) is 5.61. The third-order valence-electron chi connectivity index (χ3n) is 6.96. The second-order valence-corrected chi connectivity index (χ2v) is 9.75. The quantitative estimate of drug-likeness (QED) is 0.479. The first-order valence-electron chi connectivity index (χ1n) is 11.6. The zero-order chi connectivity index (χ0) is 24.3. The van der Waals surface area contributed by atoms with Gasteiger partial charge in [-0.05, 0) is 55.9 Å². The van der Waals surface area contributed by atoms with E-state index in [1.807, 2.05) is 13.8 Å². The largest absolute Gasteiger partial charge is 0.339 e. The lowest BCUT2D eigenvalue weighted by Crippen LogP contribution is -2.56. The summed E-state index contributed by atoms with van der Waals surface area (Å²) in [5.41, 5.74) is 2.54. The molecular weight excluding hydrogens is 455 g/mol. The molecule has 0 bridgehead atoms. The molecule has 2 aromatic rings. The van der Waals surface area contributed by atoms with Gasteiger partial charge >= 0.3 is 6.03 Å². The minimum absolute atomic E-state index is 0.0331. The Morgan fingerprint density at radius 1 is 1.26 bits per heavy atom. The predicted molar refractivity (Wildman–Crippen MR) is 129 cm³/mol. The smallest absolute Gasteiger partial charge is 0.325 e. The SMILES string of the molecule is CCC1(C2CCN(C(=O)/C=C/c3ccc(F)cc3)CC2)NC(=O)N(CCc2scnc2C)C1=O. The number of aromatic nitrogens is 1. The summed E-state index contributed by atoms with van der Waals surface area (Å²) in [4.78, 5) is 47.2. The maximum absolute atomic E-state index is 13.4. The number of aryl methyl sites for hydroxylation is 1. The van der Waals surface area contributed by atoms with E-state index in [4.69, 9.17) is 0 Å². The number of urea groups is 1. The molecular formula is C25H29FN4O3S. The van der Waals surface area contributed by atoms with Crippen molar-refractivity contribution in [2.24, 2.45) is 5.92 Å². The second-order valence-electron chi connectivity index (χ2n) is 8.81. The van der Waals surface area contributed by atoms with Gasteiger partial charge in [-0.25, -0.2) is 14.2 Å². The number of benzene rings is 1. The van der Waals surface area contributed by atoms with Crippen LogP contribution in [0.15, 0.2) is 35.9 Å². The molecule has 2 fully saturated rings. The molecule has 0 saturated carbocycles. The number of rotatable bonds is 7. The van der Waals surface area contributed by atoms with Crippen LogP contribution in [0.3, 0.4) is 0 Å². The first-order valence-corrected chi connectivity index (χ1v) is 12.5. The van der Waals surface area contributed by atoms with E-state index in [1.54, 1.807) is 28.6 Å². The molecule has 1 N–H and O–H groups in total. The molecule has 7 nitrogen and oxygen atoms in total. The van der Waals surface area contributed by atoms with Gasteiger partial charge in [0.25, 0.3) is 5.91 Å². The number of hydrogen-bond acceptors (Lipinski definition) is 5. The maximum Gasteiger partial charge on any atom is 0.325 e. The summed E-state index contributed by atoms with van der Waals surface area (Å²) in [6.45, 7) is 5.22. The highest BCUT2D eigenvalue weighted by atomic mass is 32.1. The molecule has 1 unspecified atom stereocenters. The third-order valence-corrected chi connectivity index (χ3v) is 7.95. The number of halogens is 1. The molecule has 0 spiro atoms. The fourth-order valence-corrected chi connectivity index (χ4v) is 5.64. The molecule has 0 radical (unpaired) electrons. The van der Waals surface area contributed by atoms with Crippen molar-refractivity contribution in [1.82, 2.24) is 20.1 Å². The number of carbonyl (C=O) groups is 3. The lowest BCUT2D eigenvalue weighted by atomic mass is 9.75. The Hall–Kier alpha value is -3.07. The molecule has 2 saturated heterocycles. The number of nitrogens with zero attached hydrogens (tertiary/aromatic N) is 3. The Morgan fingerprint density at radius 2 is 1.97 bits per heavy atom. The summed E-state index contributed by atoms with van der Waals surface area (Å²) < 4.78 is 13.0. The molecule has 4 amide bonds. The summed E-state index contributed by atoms with van der Waals surface area (Å²) in [6.07, 6.45) is 5.55. The molecule has 4 rings (SSSR count). The van der Waals surface area contributed by atoms with E-state index in [1.165, 1.54) is 34.4 Å². The summed E-state index contributed by atoms with van der Waals surface area (Å²) in [5, 5.41) is 3.00. The van der Waals surface area contributed by atoms with E-state index >= 15 is 0 Å². The van der Waals surface area contributed by atoms with Crippen LogP contribution in [-0.4, -0.2) is 57.8 Å². The summed E-state index contributed by atoms with van der Waals surface area (Å²) in [5.74, 6) is -0.629. The van der Waals surface area contributed by atoms with Crippen molar-refractivity contribution in [2.75, 3.05) is 19.6 Å². The normalized spacial score (nSPS) is 21.5. The average molecular weight is 485 g/mol. The van der Waals surface area contributed by atoms with Crippen LogP contribution in [0.4, 0.5) is 9.18 Å². The molecule has 1 atom stereocenters. The Kier molecular flexibility index (Phi) is 7.11. The lowest BCUT2D eigenvalue weighted by Gasteiger charge is -2.40. The van der Waals surface area contributed by atoms with E-state index in [2.05, 4.69) is 10.3 Å². The number of hydrogen-bond donors (Lipinski definition) is 1. The van der Waals surface area contributed by atoms with Crippen molar-refractivity contribution in [3.05, 3.63) is 57.8 Å². The second kappa shape index (κ2) is 10.0. The van der Waals surface area contributed by atoms with Gasteiger partial charge in [0.2, 0.25) is 5.91 Å². The Labute approximate surface area is 202 Å². The van der Waals surface area contributed by atoms with Crippen LogP contribution in [0, 0.1) is 18.7 Å². The molecule has 0 aliphatic carbocycles. The predicted octanol–water partition coefficient (Wildman–Crippen LogP) is 3.79. The van der Waals surface area contributed by atoms with Crippen LogP contribution in [-0.2, 0) is 16.0 Å². The zero-order valence-corrected chi connectivity index (χ0v) is 20.2. The van der Waals surface area contributed by atoms with Crippen LogP contribution in [0.5, 0.6) is 0 Å². The molecule has 1 aromatic carbocycles. The summed E-state index contributed by atoms with van der Waals surface area (Å²) in [7, 11) is 0. The first-order chi connectivity index (χ1) is 16.3. The number of nitrogens with one attached hydrogen (secondary N) is 1. The fraction of sp³-hybridized carbons (Fsp3) is 0.440. The number of imide groups is 1. The van der Waals surface area contributed by atoms with Crippen LogP contribution in [0.1, 0.15) is 42.3 Å². The number of carbonyl (C=O) groups excluding carboxylic acids is 3. The van der Waals surface area contributed by atoms with Gasteiger partial charge in [0.05, 0.1) is 11.2 Å². The Morgan fingerprint density at radius 3 is 2.59 bits per heavy atom. The molecule has 2 aliphatic rings. The molecule has 3 heterocycles. The molecule has 9 heteroatoms. The highest BCUT2D eigenvalue weighted by molar-refractivity contribution is 7.09. The minimum Gasteiger partial charge on any atom is -0.339 e. The molecule has 1 aromatic heterocycles. The summed E-state index contributed by atoms with van der Waals surface area (Å²) >= 11 is 1.53. The van der Waals surface area contributed by atoms with E-state index in [-0.39, 0.29) is 29.6 Å². The number of amides is 4. The van der Waals surface area contributed by atoms with Crippen molar-refractivity contribution in [1.29, 1.82) is 0 Å². The zero-order valence-electron chi connectivity index (χ0n) is 19.4. The Balaban J connectivity index is 1.36. The monoisotopic (exact) mass is 484 g/mol. The fourth-order valence-electron chi connectivity index (χ4n) is 4.87. The molecule has 2 aliphatic heterocycles. The van der Waals surface area contributed by atoms with Gasteiger partial charge in [-0.15, -0.1) is 11.3 Å². The molecule has 34 heavy (non-hydrogen) atoms. The van der Waals surface area contributed by atoms with Crippen molar-refractivity contribution in [3.63, 3.8) is 0 Å². The van der Waals surface area contributed by atoms with Crippen molar-refractivity contribution in [2.45, 2.75) is 45.1 Å². The number of thiazole rings is 1. The van der Waals surface area contributed by atoms with E-state index < -0.39 is 5.54 Å². The topological polar surface area (TPSA) is 82.6 Å². The minimum atomic E-state index is -0.918. The van der Waals surface area contributed by atoms with E-state index in [0.717, 1.165) is 16.1 Å². The van der Waals surface area contributed by atoms with Crippen molar-refractivity contribution >= 4 is 35.3 Å². The highest BCUT2D eigenvalue weighted by Crippen LogP contribution is 2.36. The number of piperidine rings is 1.